The van der Waals surface area contributed by atoms with E-state index in [1.807, 2.05) is 25.1 Å². The second kappa shape index (κ2) is 12.4. The van der Waals surface area contributed by atoms with E-state index < -0.39 is 0 Å². The van der Waals surface area contributed by atoms with E-state index in [2.05, 4.69) is 25.6 Å². The molecule has 2 bridgehead atoms. The number of halogens is 1. The summed E-state index contributed by atoms with van der Waals surface area (Å²) in [4.78, 5) is 24.3. The Hall–Kier alpha value is -3.41. The molecule has 3 aromatic heterocycles. The lowest BCUT2D eigenvalue weighted by atomic mass is 9.69. The van der Waals surface area contributed by atoms with Crippen molar-refractivity contribution >= 4 is 23.3 Å². The van der Waals surface area contributed by atoms with Crippen LogP contribution in [0.4, 0.5) is 10.2 Å². The SMILES string of the molecule is CCOc1ccc(CNC23CCC(CCc4c(F)cnc5ccc(OCCCN)nc45)(CC2)OC3)nc1NC=O. The first-order chi connectivity index (χ1) is 19.5. The second-order valence-electron chi connectivity index (χ2n) is 10.5. The summed E-state index contributed by atoms with van der Waals surface area (Å²) in [6.07, 6.45) is 7.51. The Labute approximate surface area is 233 Å². The molecule has 4 N–H and O–H groups in total. The van der Waals surface area contributed by atoms with Gasteiger partial charge in [0, 0.05) is 23.7 Å². The van der Waals surface area contributed by atoms with Crippen molar-refractivity contribution in [2.45, 2.75) is 69.6 Å². The monoisotopic (exact) mass is 552 g/mol. The highest BCUT2D eigenvalue weighted by Gasteiger charge is 2.49. The number of carbonyl (C=O) groups is 1. The van der Waals surface area contributed by atoms with Gasteiger partial charge in [0.1, 0.15) is 5.82 Å². The lowest BCUT2D eigenvalue weighted by Gasteiger charge is -2.53. The van der Waals surface area contributed by atoms with Crippen LogP contribution < -0.4 is 25.8 Å². The average Bonchev–Trinajstić information content (AvgIpc) is 2.98. The Morgan fingerprint density at radius 1 is 1.15 bits per heavy atom. The van der Waals surface area contributed by atoms with Crippen LogP contribution in [-0.4, -0.2) is 58.9 Å². The van der Waals surface area contributed by atoms with Crippen LogP contribution in [0, 0.1) is 5.82 Å². The zero-order valence-corrected chi connectivity index (χ0v) is 22.9. The smallest absolute Gasteiger partial charge is 0.213 e. The van der Waals surface area contributed by atoms with Gasteiger partial charge in [0.25, 0.3) is 0 Å². The zero-order chi connectivity index (χ0) is 28.0. The standard InChI is InChI=1S/C29H37FN6O4/c1-2-38-24-6-4-20(35-27(24)33-19-37)16-34-28-10-12-29(13-11-28,40-18-28)9-8-21-22(30)17-32-23-5-7-25(36-26(21)23)39-15-3-14-31/h4-7,17,19,34H,2-3,8-16,18,31H2,1H3,(H,33,35,37). The molecule has 3 aliphatic rings. The number of hydrogen-bond donors (Lipinski definition) is 3. The predicted octanol–water partition coefficient (Wildman–Crippen LogP) is 3.66. The molecule has 0 spiro atoms. The Kier molecular flexibility index (Phi) is 8.72. The zero-order valence-electron chi connectivity index (χ0n) is 22.9. The summed E-state index contributed by atoms with van der Waals surface area (Å²) in [6, 6.07) is 7.30. The number of hydrogen-bond acceptors (Lipinski definition) is 9. The first-order valence-corrected chi connectivity index (χ1v) is 14.0. The lowest BCUT2D eigenvalue weighted by molar-refractivity contribution is -0.165. The molecule has 11 heteroatoms. The number of fused-ring (bicyclic) bond motifs is 4. The van der Waals surface area contributed by atoms with Gasteiger partial charge in [0.15, 0.2) is 11.6 Å². The Balaban J connectivity index is 1.21. The van der Waals surface area contributed by atoms with Crippen LogP contribution in [0.1, 0.15) is 56.7 Å². The summed E-state index contributed by atoms with van der Waals surface area (Å²) in [6.45, 7) is 4.50. The molecule has 0 radical (unpaired) electrons. The molecule has 5 heterocycles. The highest BCUT2D eigenvalue weighted by molar-refractivity contribution is 5.78. The van der Waals surface area contributed by atoms with Gasteiger partial charge in [-0.15, -0.1) is 0 Å². The molecule has 3 aromatic rings. The van der Waals surface area contributed by atoms with Crippen LogP contribution >= 0.6 is 0 Å². The molecule has 0 aromatic carbocycles. The van der Waals surface area contributed by atoms with E-state index >= 15 is 0 Å². The predicted molar refractivity (Wildman–Crippen MR) is 149 cm³/mol. The third-order valence-corrected chi connectivity index (χ3v) is 8.00. The molecule has 6 rings (SSSR count). The maximum absolute atomic E-state index is 15.0. The minimum absolute atomic E-state index is 0.133. The van der Waals surface area contributed by atoms with Crippen molar-refractivity contribution in [3.05, 3.63) is 47.5 Å². The van der Waals surface area contributed by atoms with Gasteiger partial charge in [-0.1, -0.05) is 0 Å². The number of nitrogens with one attached hydrogen (secondary N) is 2. The summed E-state index contributed by atoms with van der Waals surface area (Å²) >= 11 is 0. The Bertz CT molecular complexity index is 1310. The Morgan fingerprint density at radius 3 is 2.73 bits per heavy atom. The van der Waals surface area contributed by atoms with Crippen molar-refractivity contribution in [3.8, 4) is 11.6 Å². The van der Waals surface area contributed by atoms with E-state index in [4.69, 9.17) is 19.9 Å². The number of aryl methyl sites for hydroxylation is 1. The van der Waals surface area contributed by atoms with Gasteiger partial charge < -0.3 is 30.6 Å². The number of anilines is 1. The van der Waals surface area contributed by atoms with Gasteiger partial charge >= 0.3 is 0 Å². The molecule has 40 heavy (non-hydrogen) atoms. The highest BCUT2D eigenvalue weighted by Crippen LogP contribution is 2.46. The van der Waals surface area contributed by atoms with Crippen molar-refractivity contribution in [1.29, 1.82) is 0 Å². The second-order valence-corrected chi connectivity index (χ2v) is 10.5. The van der Waals surface area contributed by atoms with E-state index in [0.717, 1.165) is 37.8 Å². The van der Waals surface area contributed by atoms with E-state index in [9.17, 15) is 9.18 Å². The summed E-state index contributed by atoms with van der Waals surface area (Å²) in [5.74, 6) is 1.05. The van der Waals surface area contributed by atoms with Gasteiger partial charge in [0.05, 0.1) is 48.3 Å². The van der Waals surface area contributed by atoms with Gasteiger partial charge in [-0.3, -0.25) is 9.78 Å². The minimum Gasteiger partial charge on any atom is -0.490 e. The summed E-state index contributed by atoms with van der Waals surface area (Å²) in [5.41, 5.74) is 7.68. The number of nitrogens with two attached hydrogens (primary N) is 1. The largest absolute Gasteiger partial charge is 0.490 e. The molecule has 2 saturated heterocycles. The number of amides is 1. The van der Waals surface area contributed by atoms with Crippen LogP contribution in [-0.2, 0) is 22.5 Å². The van der Waals surface area contributed by atoms with Gasteiger partial charge in [-0.2, -0.15) is 0 Å². The molecule has 0 atom stereocenters. The molecule has 1 amide bonds. The van der Waals surface area contributed by atoms with E-state index in [1.54, 1.807) is 6.07 Å². The Morgan fingerprint density at radius 2 is 2.00 bits per heavy atom. The van der Waals surface area contributed by atoms with E-state index in [-0.39, 0.29) is 17.0 Å². The molecule has 1 aliphatic carbocycles. The molecule has 3 fully saturated rings. The molecule has 0 unspecified atom stereocenters. The fraction of sp³-hybridized carbons (Fsp3) is 0.517. The average molecular weight is 553 g/mol. The molecular weight excluding hydrogens is 515 g/mol. The summed E-state index contributed by atoms with van der Waals surface area (Å²) < 4.78 is 32.7. The topological polar surface area (TPSA) is 134 Å². The number of pyridine rings is 3. The fourth-order valence-corrected chi connectivity index (χ4v) is 5.62. The molecule has 2 aliphatic heterocycles. The van der Waals surface area contributed by atoms with Crippen molar-refractivity contribution in [3.63, 3.8) is 0 Å². The van der Waals surface area contributed by atoms with E-state index in [1.165, 1.54) is 6.20 Å². The van der Waals surface area contributed by atoms with E-state index in [0.29, 0.717) is 86.2 Å². The van der Waals surface area contributed by atoms with Crippen molar-refractivity contribution in [2.24, 2.45) is 5.73 Å². The van der Waals surface area contributed by atoms with Crippen LogP contribution in [0.2, 0.25) is 0 Å². The number of carbonyl (C=O) groups excluding carboxylic acids is 1. The van der Waals surface area contributed by atoms with Crippen molar-refractivity contribution in [1.82, 2.24) is 20.3 Å². The summed E-state index contributed by atoms with van der Waals surface area (Å²) in [7, 11) is 0. The first kappa shape index (κ1) is 28.1. The maximum Gasteiger partial charge on any atom is 0.213 e. The van der Waals surface area contributed by atoms with Crippen LogP contribution in [0.15, 0.2) is 30.5 Å². The molecule has 10 nitrogen and oxygen atoms in total. The number of rotatable bonds is 14. The van der Waals surface area contributed by atoms with Crippen molar-refractivity contribution < 1.29 is 23.4 Å². The summed E-state index contributed by atoms with van der Waals surface area (Å²) in [5, 5.41) is 6.28. The third kappa shape index (κ3) is 6.16. The molecular formula is C29H37FN6O4. The van der Waals surface area contributed by atoms with Crippen LogP contribution in [0.3, 0.4) is 0 Å². The normalized spacial score (nSPS) is 21.9. The third-order valence-electron chi connectivity index (χ3n) is 8.00. The highest BCUT2D eigenvalue weighted by atomic mass is 19.1. The molecule has 1 saturated carbocycles. The van der Waals surface area contributed by atoms with Gasteiger partial charge in [0.2, 0.25) is 12.3 Å². The molecule has 214 valence electrons. The fourth-order valence-electron chi connectivity index (χ4n) is 5.62. The first-order valence-electron chi connectivity index (χ1n) is 14.0. The maximum atomic E-state index is 15.0. The van der Waals surface area contributed by atoms with Crippen LogP contribution in [0.25, 0.3) is 11.0 Å². The van der Waals surface area contributed by atoms with Crippen molar-refractivity contribution in [2.75, 3.05) is 31.7 Å². The quantitative estimate of drug-likeness (QED) is 0.202. The minimum atomic E-state index is -0.357. The van der Waals surface area contributed by atoms with Crippen LogP contribution in [0.5, 0.6) is 11.6 Å². The number of ether oxygens (including phenoxy) is 3. The number of nitrogens with zero attached hydrogens (tertiary/aromatic N) is 3. The number of aromatic nitrogens is 3. The lowest BCUT2D eigenvalue weighted by Crippen LogP contribution is -2.61. The van der Waals surface area contributed by atoms with Gasteiger partial charge in [-0.05, 0) is 76.6 Å². The van der Waals surface area contributed by atoms with Gasteiger partial charge in [-0.25, -0.2) is 14.4 Å².